The maximum absolute atomic E-state index is 5.29. The van der Waals surface area contributed by atoms with Crippen LogP contribution in [0.5, 0.6) is 11.5 Å². The Labute approximate surface area is 90.4 Å². The average molecular weight is 207 g/mol. The van der Waals surface area contributed by atoms with E-state index in [2.05, 4.69) is 24.4 Å². The molecule has 1 saturated heterocycles. The molecule has 2 rings (SSSR count). The minimum Gasteiger partial charge on any atom is -0.493 e. The molecule has 2 unspecified atom stereocenters. The van der Waals surface area contributed by atoms with Crippen molar-refractivity contribution in [2.75, 3.05) is 20.8 Å². The SMILES string of the molecule is COc1ccc(C2CNC2C)cc1OC. The molecule has 0 spiro atoms. The zero-order valence-corrected chi connectivity index (χ0v) is 9.41. The van der Waals surface area contributed by atoms with Gasteiger partial charge in [0.2, 0.25) is 0 Å². The zero-order valence-electron chi connectivity index (χ0n) is 9.41. The van der Waals surface area contributed by atoms with Gasteiger partial charge in [0, 0.05) is 18.5 Å². The molecule has 3 nitrogen and oxygen atoms in total. The number of hydrogen-bond acceptors (Lipinski definition) is 3. The molecule has 1 aliphatic heterocycles. The molecular weight excluding hydrogens is 190 g/mol. The first kappa shape index (κ1) is 10.3. The van der Waals surface area contributed by atoms with Gasteiger partial charge in [-0.15, -0.1) is 0 Å². The van der Waals surface area contributed by atoms with Gasteiger partial charge in [0.15, 0.2) is 11.5 Å². The molecule has 2 atom stereocenters. The first-order chi connectivity index (χ1) is 7.26. The highest BCUT2D eigenvalue weighted by atomic mass is 16.5. The van der Waals surface area contributed by atoms with Crippen molar-refractivity contribution >= 4 is 0 Å². The number of ether oxygens (including phenoxy) is 2. The lowest BCUT2D eigenvalue weighted by atomic mass is 9.86. The van der Waals surface area contributed by atoms with Gasteiger partial charge < -0.3 is 14.8 Å². The van der Waals surface area contributed by atoms with Crippen LogP contribution < -0.4 is 14.8 Å². The molecule has 0 bridgehead atoms. The van der Waals surface area contributed by atoms with Crippen LogP contribution in [-0.2, 0) is 0 Å². The summed E-state index contributed by atoms with van der Waals surface area (Å²) in [6.07, 6.45) is 0. The summed E-state index contributed by atoms with van der Waals surface area (Å²) in [7, 11) is 3.33. The van der Waals surface area contributed by atoms with E-state index in [1.165, 1.54) is 5.56 Å². The minimum absolute atomic E-state index is 0.558. The van der Waals surface area contributed by atoms with E-state index >= 15 is 0 Å². The third-order valence-electron chi connectivity index (χ3n) is 3.10. The van der Waals surface area contributed by atoms with Crippen molar-refractivity contribution < 1.29 is 9.47 Å². The van der Waals surface area contributed by atoms with E-state index in [0.29, 0.717) is 12.0 Å². The molecule has 1 heterocycles. The smallest absolute Gasteiger partial charge is 0.160 e. The Morgan fingerprint density at radius 3 is 2.40 bits per heavy atom. The molecule has 0 radical (unpaired) electrons. The van der Waals surface area contributed by atoms with Gasteiger partial charge in [-0.2, -0.15) is 0 Å². The molecule has 1 aromatic rings. The predicted molar refractivity (Wildman–Crippen MR) is 59.8 cm³/mol. The number of rotatable bonds is 3. The van der Waals surface area contributed by atoms with Gasteiger partial charge in [0.05, 0.1) is 14.2 Å². The van der Waals surface area contributed by atoms with Crippen molar-refractivity contribution in [2.24, 2.45) is 0 Å². The van der Waals surface area contributed by atoms with Gasteiger partial charge in [-0.25, -0.2) is 0 Å². The summed E-state index contributed by atoms with van der Waals surface area (Å²) in [6, 6.07) is 6.71. The van der Waals surface area contributed by atoms with E-state index in [1.54, 1.807) is 14.2 Å². The highest BCUT2D eigenvalue weighted by Crippen LogP contribution is 2.33. The topological polar surface area (TPSA) is 30.5 Å². The standard InChI is InChI=1S/C12H17NO2/c1-8-10(7-13-8)9-4-5-11(14-2)12(6-9)15-3/h4-6,8,10,13H,7H2,1-3H3. The Balaban J connectivity index is 2.26. The molecule has 1 fully saturated rings. The maximum Gasteiger partial charge on any atom is 0.160 e. The number of benzene rings is 1. The fourth-order valence-electron chi connectivity index (χ4n) is 1.96. The van der Waals surface area contributed by atoms with Crippen molar-refractivity contribution in [3.05, 3.63) is 23.8 Å². The molecule has 1 aromatic carbocycles. The molecule has 0 saturated carbocycles. The number of methoxy groups -OCH3 is 2. The zero-order chi connectivity index (χ0) is 10.8. The van der Waals surface area contributed by atoms with Crippen LogP contribution in [0.3, 0.4) is 0 Å². The fourth-order valence-corrected chi connectivity index (χ4v) is 1.96. The Morgan fingerprint density at radius 1 is 1.20 bits per heavy atom. The van der Waals surface area contributed by atoms with E-state index in [4.69, 9.17) is 9.47 Å². The number of nitrogens with one attached hydrogen (secondary N) is 1. The summed E-state index contributed by atoms with van der Waals surface area (Å²) < 4.78 is 10.5. The van der Waals surface area contributed by atoms with E-state index in [1.807, 2.05) is 6.07 Å². The molecule has 0 aliphatic carbocycles. The van der Waals surface area contributed by atoms with Crippen molar-refractivity contribution in [2.45, 2.75) is 18.9 Å². The van der Waals surface area contributed by atoms with Gasteiger partial charge >= 0.3 is 0 Å². The van der Waals surface area contributed by atoms with Gasteiger partial charge in [0.25, 0.3) is 0 Å². The minimum atomic E-state index is 0.558. The van der Waals surface area contributed by atoms with Crippen LogP contribution in [0.2, 0.25) is 0 Å². The second-order valence-electron chi connectivity index (χ2n) is 3.92. The summed E-state index contributed by atoms with van der Waals surface area (Å²) in [5.74, 6) is 2.21. The first-order valence-corrected chi connectivity index (χ1v) is 5.21. The normalized spacial score (nSPS) is 24.5. The van der Waals surface area contributed by atoms with Crippen molar-refractivity contribution in [3.63, 3.8) is 0 Å². The Bertz CT molecular complexity index is 351. The monoisotopic (exact) mass is 207 g/mol. The quantitative estimate of drug-likeness (QED) is 0.819. The first-order valence-electron chi connectivity index (χ1n) is 5.21. The predicted octanol–water partition coefficient (Wildman–Crippen LogP) is 1.78. The van der Waals surface area contributed by atoms with Crippen LogP contribution in [0.4, 0.5) is 0 Å². The van der Waals surface area contributed by atoms with Crippen LogP contribution in [0.15, 0.2) is 18.2 Å². The molecule has 82 valence electrons. The van der Waals surface area contributed by atoms with Crippen LogP contribution >= 0.6 is 0 Å². The summed E-state index contributed by atoms with van der Waals surface area (Å²) >= 11 is 0. The van der Waals surface area contributed by atoms with E-state index < -0.39 is 0 Å². The average Bonchev–Trinajstić information content (AvgIpc) is 2.26. The van der Waals surface area contributed by atoms with Gasteiger partial charge in [-0.05, 0) is 24.6 Å². The van der Waals surface area contributed by atoms with E-state index in [9.17, 15) is 0 Å². The molecule has 0 aromatic heterocycles. The Hall–Kier alpha value is -1.22. The lowest BCUT2D eigenvalue weighted by molar-refractivity contribution is 0.328. The summed E-state index contributed by atoms with van der Waals surface area (Å²) in [5, 5.41) is 3.35. The fraction of sp³-hybridized carbons (Fsp3) is 0.500. The number of hydrogen-bond donors (Lipinski definition) is 1. The second kappa shape index (κ2) is 4.11. The molecule has 1 N–H and O–H groups in total. The van der Waals surface area contributed by atoms with Gasteiger partial charge in [-0.1, -0.05) is 6.07 Å². The van der Waals surface area contributed by atoms with Crippen molar-refractivity contribution in [3.8, 4) is 11.5 Å². The van der Waals surface area contributed by atoms with Crippen molar-refractivity contribution in [1.29, 1.82) is 0 Å². The highest BCUT2D eigenvalue weighted by Gasteiger charge is 2.28. The second-order valence-corrected chi connectivity index (χ2v) is 3.92. The molecule has 3 heteroatoms. The van der Waals surface area contributed by atoms with E-state index in [0.717, 1.165) is 18.0 Å². The lowest BCUT2D eigenvalue weighted by Gasteiger charge is -2.36. The Kier molecular flexibility index (Phi) is 2.82. The summed E-state index contributed by atoms with van der Waals surface area (Å²) in [4.78, 5) is 0. The van der Waals surface area contributed by atoms with Crippen LogP contribution in [-0.4, -0.2) is 26.8 Å². The molecule has 15 heavy (non-hydrogen) atoms. The highest BCUT2D eigenvalue weighted by molar-refractivity contribution is 5.44. The van der Waals surface area contributed by atoms with Gasteiger partial charge in [0.1, 0.15) is 0 Å². The third kappa shape index (κ3) is 1.79. The molecule has 0 amide bonds. The molecular formula is C12H17NO2. The maximum atomic E-state index is 5.29. The third-order valence-corrected chi connectivity index (χ3v) is 3.10. The molecule has 1 aliphatic rings. The van der Waals surface area contributed by atoms with Crippen LogP contribution in [0, 0.1) is 0 Å². The van der Waals surface area contributed by atoms with Crippen LogP contribution in [0.1, 0.15) is 18.4 Å². The van der Waals surface area contributed by atoms with Crippen molar-refractivity contribution in [1.82, 2.24) is 5.32 Å². The van der Waals surface area contributed by atoms with Gasteiger partial charge in [-0.3, -0.25) is 0 Å². The summed E-state index contributed by atoms with van der Waals surface area (Å²) in [6.45, 7) is 3.25. The summed E-state index contributed by atoms with van der Waals surface area (Å²) in [5.41, 5.74) is 1.32. The Morgan fingerprint density at radius 2 is 1.93 bits per heavy atom. The lowest BCUT2D eigenvalue weighted by Crippen LogP contribution is -2.48. The largest absolute Gasteiger partial charge is 0.493 e. The van der Waals surface area contributed by atoms with Crippen LogP contribution in [0.25, 0.3) is 0 Å². The van der Waals surface area contributed by atoms with E-state index in [-0.39, 0.29) is 0 Å².